The van der Waals surface area contributed by atoms with Gasteiger partial charge in [0.05, 0.1) is 6.20 Å². The number of hydrogen-bond donors (Lipinski definition) is 3. The lowest BCUT2D eigenvalue weighted by atomic mass is 9.90. The van der Waals surface area contributed by atoms with Gasteiger partial charge in [-0.05, 0) is 18.8 Å². The first-order valence-corrected chi connectivity index (χ1v) is 7.84. The van der Waals surface area contributed by atoms with Crippen LogP contribution >= 0.6 is 0 Å². The van der Waals surface area contributed by atoms with Crippen LogP contribution in [0.15, 0.2) is 11.2 Å². The van der Waals surface area contributed by atoms with Gasteiger partial charge in [-0.25, -0.2) is 13.1 Å². The standard InChI is InChI=1S/C11H20N4O2S/c12-6-10-8-13-15-11(10)18(16,17)14-7-9-4-2-1-3-5-9/h8-9,14H,1-7,12H2,(H,13,15). The topological polar surface area (TPSA) is 101 Å². The van der Waals surface area contributed by atoms with E-state index in [1.807, 2.05) is 0 Å². The second-order valence-corrected chi connectivity index (χ2v) is 6.49. The lowest BCUT2D eigenvalue weighted by Crippen LogP contribution is -2.31. The zero-order valence-electron chi connectivity index (χ0n) is 10.4. The smallest absolute Gasteiger partial charge is 0.257 e. The molecule has 1 saturated carbocycles. The Balaban J connectivity index is 1.99. The molecular formula is C11H20N4O2S. The predicted molar refractivity (Wildman–Crippen MR) is 68.2 cm³/mol. The summed E-state index contributed by atoms with van der Waals surface area (Å²) >= 11 is 0. The SMILES string of the molecule is NCc1cn[nH]c1S(=O)(=O)NCC1CCCCC1. The third-order valence-electron chi connectivity index (χ3n) is 3.45. The molecular weight excluding hydrogens is 252 g/mol. The van der Waals surface area contributed by atoms with E-state index >= 15 is 0 Å². The first-order valence-electron chi connectivity index (χ1n) is 6.35. The molecule has 0 amide bonds. The highest BCUT2D eigenvalue weighted by Crippen LogP contribution is 2.23. The van der Waals surface area contributed by atoms with Gasteiger partial charge in [-0.15, -0.1) is 0 Å². The van der Waals surface area contributed by atoms with Gasteiger partial charge in [0.25, 0.3) is 10.0 Å². The fourth-order valence-corrected chi connectivity index (χ4v) is 3.62. The molecule has 1 aliphatic carbocycles. The van der Waals surface area contributed by atoms with Gasteiger partial charge >= 0.3 is 0 Å². The Morgan fingerprint density at radius 3 is 2.78 bits per heavy atom. The lowest BCUT2D eigenvalue weighted by molar-refractivity contribution is 0.357. The molecule has 0 spiro atoms. The van der Waals surface area contributed by atoms with Crippen LogP contribution in [-0.4, -0.2) is 25.2 Å². The minimum Gasteiger partial charge on any atom is -0.326 e. The molecule has 102 valence electrons. The van der Waals surface area contributed by atoms with Crippen LogP contribution in [0, 0.1) is 5.92 Å². The monoisotopic (exact) mass is 272 g/mol. The van der Waals surface area contributed by atoms with Gasteiger partial charge < -0.3 is 5.73 Å². The summed E-state index contributed by atoms with van der Waals surface area (Å²) in [6.45, 7) is 0.668. The molecule has 18 heavy (non-hydrogen) atoms. The van der Waals surface area contributed by atoms with Crippen LogP contribution < -0.4 is 10.5 Å². The molecule has 1 aliphatic rings. The highest BCUT2D eigenvalue weighted by Gasteiger charge is 2.22. The predicted octanol–water partition coefficient (Wildman–Crippen LogP) is 0.727. The van der Waals surface area contributed by atoms with Gasteiger partial charge in [0.2, 0.25) is 0 Å². The number of rotatable bonds is 5. The minimum absolute atomic E-state index is 0.0980. The number of nitrogens with zero attached hydrogens (tertiary/aromatic N) is 1. The molecule has 0 unspecified atom stereocenters. The maximum Gasteiger partial charge on any atom is 0.257 e. The van der Waals surface area contributed by atoms with Crippen molar-refractivity contribution in [2.45, 2.75) is 43.7 Å². The maximum absolute atomic E-state index is 12.1. The summed E-state index contributed by atoms with van der Waals surface area (Å²) in [5.74, 6) is 0.456. The molecule has 1 fully saturated rings. The van der Waals surface area contributed by atoms with E-state index in [4.69, 9.17) is 5.73 Å². The third-order valence-corrected chi connectivity index (χ3v) is 4.89. The third kappa shape index (κ3) is 3.09. The van der Waals surface area contributed by atoms with Crippen LogP contribution in [0.1, 0.15) is 37.7 Å². The highest BCUT2D eigenvalue weighted by molar-refractivity contribution is 7.89. The fourth-order valence-electron chi connectivity index (χ4n) is 2.37. The van der Waals surface area contributed by atoms with Gasteiger partial charge in [-0.2, -0.15) is 5.10 Å². The average Bonchev–Trinajstić information content (AvgIpc) is 2.87. The minimum atomic E-state index is -3.51. The summed E-state index contributed by atoms with van der Waals surface area (Å²) < 4.78 is 26.8. The quantitative estimate of drug-likeness (QED) is 0.735. The Kier molecular flexibility index (Phi) is 4.36. The van der Waals surface area contributed by atoms with E-state index in [9.17, 15) is 8.42 Å². The molecule has 4 N–H and O–H groups in total. The Hall–Kier alpha value is -0.920. The maximum atomic E-state index is 12.1. The molecule has 0 saturated heterocycles. The highest BCUT2D eigenvalue weighted by atomic mass is 32.2. The van der Waals surface area contributed by atoms with E-state index in [0.717, 1.165) is 12.8 Å². The van der Waals surface area contributed by atoms with Crippen molar-refractivity contribution >= 4 is 10.0 Å². The zero-order chi connectivity index (χ0) is 13.0. The van der Waals surface area contributed by atoms with Crippen molar-refractivity contribution in [3.63, 3.8) is 0 Å². The number of aromatic nitrogens is 2. The van der Waals surface area contributed by atoms with E-state index < -0.39 is 10.0 Å². The second kappa shape index (κ2) is 5.81. The molecule has 6 nitrogen and oxygen atoms in total. The van der Waals surface area contributed by atoms with Crippen molar-refractivity contribution in [2.24, 2.45) is 11.7 Å². The van der Waals surface area contributed by atoms with E-state index in [0.29, 0.717) is 18.0 Å². The van der Waals surface area contributed by atoms with E-state index in [-0.39, 0.29) is 11.6 Å². The van der Waals surface area contributed by atoms with Crippen LogP contribution in [0.5, 0.6) is 0 Å². The van der Waals surface area contributed by atoms with E-state index in [2.05, 4.69) is 14.9 Å². The molecule has 0 aromatic carbocycles. The second-order valence-electron chi connectivity index (χ2n) is 4.78. The van der Waals surface area contributed by atoms with Crippen LogP contribution in [0.25, 0.3) is 0 Å². The molecule has 0 radical (unpaired) electrons. The van der Waals surface area contributed by atoms with Crippen molar-refractivity contribution in [3.8, 4) is 0 Å². The summed E-state index contributed by atoms with van der Waals surface area (Å²) in [7, 11) is -3.51. The summed E-state index contributed by atoms with van der Waals surface area (Å²) in [6.07, 6.45) is 7.33. The Morgan fingerprint density at radius 1 is 1.39 bits per heavy atom. The molecule has 0 aliphatic heterocycles. The lowest BCUT2D eigenvalue weighted by Gasteiger charge is -2.21. The number of sulfonamides is 1. The van der Waals surface area contributed by atoms with Crippen LogP contribution in [0.3, 0.4) is 0 Å². The largest absolute Gasteiger partial charge is 0.326 e. The molecule has 1 aromatic rings. The summed E-state index contributed by atoms with van der Waals surface area (Å²) in [4.78, 5) is 0. The normalized spacial score (nSPS) is 18.1. The van der Waals surface area contributed by atoms with Crippen LogP contribution in [0.4, 0.5) is 0 Å². The Morgan fingerprint density at radius 2 is 2.11 bits per heavy atom. The van der Waals surface area contributed by atoms with Crippen molar-refractivity contribution in [1.29, 1.82) is 0 Å². The number of H-pyrrole nitrogens is 1. The van der Waals surface area contributed by atoms with Crippen molar-refractivity contribution in [1.82, 2.24) is 14.9 Å². The van der Waals surface area contributed by atoms with E-state index in [1.54, 1.807) is 0 Å². The Bertz CT molecular complexity index is 477. The number of aromatic amines is 1. The number of hydrogen-bond acceptors (Lipinski definition) is 4. The average molecular weight is 272 g/mol. The molecule has 7 heteroatoms. The zero-order valence-corrected chi connectivity index (χ0v) is 11.2. The van der Waals surface area contributed by atoms with Gasteiger partial charge in [0.15, 0.2) is 5.03 Å². The van der Waals surface area contributed by atoms with Gasteiger partial charge in [0.1, 0.15) is 0 Å². The molecule has 2 rings (SSSR count). The summed E-state index contributed by atoms with van der Waals surface area (Å²) in [6, 6.07) is 0. The first-order chi connectivity index (χ1) is 8.63. The van der Waals surface area contributed by atoms with E-state index in [1.165, 1.54) is 25.5 Å². The van der Waals surface area contributed by atoms with Crippen molar-refractivity contribution < 1.29 is 8.42 Å². The van der Waals surface area contributed by atoms with Crippen LogP contribution in [0.2, 0.25) is 0 Å². The fraction of sp³-hybridized carbons (Fsp3) is 0.727. The van der Waals surface area contributed by atoms with Gasteiger partial charge in [0, 0.05) is 18.7 Å². The summed E-state index contributed by atoms with van der Waals surface area (Å²) in [5.41, 5.74) is 6.00. The molecule has 0 bridgehead atoms. The molecule has 1 aromatic heterocycles. The van der Waals surface area contributed by atoms with Gasteiger partial charge in [-0.1, -0.05) is 19.3 Å². The first kappa shape index (κ1) is 13.5. The number of nitrogens with two attached hydrogens (primary N) is 1. The van der Waals surface area contributed by atoms with Crippen molar-refractivity contribution in [2.75, 3.05) is 6.54 Å². The van der Waals surface area contributed by atoms with Gasteiger partial charge in [-0.3, -0.25) is 5.10 Å². The molecule has 1 heterocycles. The Labute approximate surface area is 107 Å². The van der Waals surface area contributed by atoms with Crippen LogP contribution in [-0.2, 0) is 16.6 Å². The molecule has 0 atom stereocenters. The van der Waals surface area contributed by atoms with Crippen molar-refractivity contribution in [3.05, 3.63) is 11.8 Å². The summed E-state index contributed by atoms with van der Waals surface area (Å²) in [5, 5.41) is 6.33. The number of nitrogens with one attached hydrogen (secondary N) is 2.